The Kier molecular flexibility index (Phi) is 7.63. The molecule has 1 atom stereocenters. The molecule has 2 aliphatic heterocycles. The number of aromatic nitrogens is 2. The standard InChI is InChI=1S/C25H36N6O3/c1-25(2,3)34-24(32)31-8-5-19(6-9-31)28-16-18(15-26)23-21-14-20(29-22(21)4-7-27-23)17-30-10-12-33-13-11-30/h4,7,14-16,18-19,26,29H,5-6,8-13,17H2,1-3H3. The molecule has 2 N–H and O–H groups in total. The number of hydrogen-bond acceptors (Lipinski definition) is 7. The van der Waals surface area contributed by atoms with Crippen LogP contribution in [0.2, 0.25) is 0 Å². The maximum absolute atomic E-state index is 12.3. The number of morpholine rings is 1. The topological polar surface area (TPSA) is 107 Å². The Hall–Kier alpha value is -2.78. The van der Waals surface area contributed by atoms with Gasteiger partial charge in [-0.05, 0) is 45.7 Å². The quantitative estimate of drug-likeness (QED) is 0.630. The normalized spacial score (nSPS) is 19.6. The van der Waals surface area contributed by atoms with Gasteiger partial charge in [0.15, 0.2) is 0 Å². The highest BCUT2D eigenvalue weighted by molar-refractivity contribution is 5.95. The lowest BCUT2D eigenvalue weighted by Crippen LogP contribution is -2.42. The first-order chi connectivity index (χ1) is 16.3. The summed E-state index contributed by atoms with van der Waals surface area (Å²) < 4.78 is 10.9. The number of aromatic amines is 1. The fourth-order valence-corrected chi connectivity index (χ4v) is 4.42. The van der Waals surface area contributed by atoms with Gasteiger partial charge in [-0.1, -0.05) is 0 Å². The fourth-order valence-electron chi connectivity index (χ4n) is 4.42. The molecule has 4 rings (SSSR count). The molecule has 0 bridgehead atoms. The molecule has 1 amide bonds. The zero-order valence-electron chi connectivity index (χ0n) is 20.4. The first kappa shape index (κ1) is 24.3. The van der Waals surface area contributed by atoms with E-state index in [0.717, 1.165) is 68.0 Å². The SMILES string of the molecule is CC(C)(C)OC(=O)N1CCC(N=CC(C=N)c2nccc3[nH]c(CN4CCOCC4)cc23)CC1. The molecule has 0 aliphatic carbocycles. The molecule has 9 heteroatoms. The number of nitrogens with zero attached hydrogens (tertiary/aromatic N) is 4. The number of nitrogens with one attached hydrogen (secondary N) is 2. The van der Waals surface area contributed by atoms with Crippen LogP contribution in [0.3, 0.4) is 0 Å². The van der Waals surface area contributed by atoms with E-state index in [1.807, 2.05) is 33.1 Å². The number of amides is 1. The second kappa shape index (κ2) is 10.7. The summed E-state index contributed by atoms with van der Waals surface area (Å²) in [6.45, 7) is 11.2. The number of fused-ring (bicyclic) bond motifs is 1. The van der Waals surface area contributed by atoms with Gasteiger partial charge in [0, 0.05) is 67.9 Å². The molecule has 0 saturated carbocycles. The molecule has 2 aromatic heterocycles. The first-order valence-corrected chi connectivity index (χ1v) is 12.1. The molecule has 1 unspecified atom stereocenters. The second-order valence-electron chi connectivity index (χ2n) is 10.0. The van der Waals surface area contributed by atoms with Crippen LogP contribution in [-0.2, 0) is 16.0 Å². The number of aliphatic imine (C=N–C) groups is 1. The summed E-state index contributed by atoms with van der Waals surface area (Å²) in [6, 6.07) is 4.26. The van der Waals surface area contributed by atoms with E-state index in [0.29, 0.717) is 13.1 Å². The minimum Gasteiger partial charge on any atom is -0.444 e. The van der Waals surface area contributed by atoms with Crippen molar-refractivity contribution in [2.24, 2.45) is 4.99 Å². The van der Waals surface area contributed by atoms with Crippen molar-refractivity contribution >= 4 is 29.4 Å². The minimum absolute atomic E-state index is 0.128. The summed E-state index contributed by atoms with van der Waals surface area (Å²) in [5.74, 6) is -0.292. The molecule has 0 radical (unpaired) electrons. The van der Waals surface area contributed by atoms with Gasteiger partial charge in [0.05, 0.1) is 30.9 Å². The zero-order chi connectivity index (χ0) is 24.1. The number of H-pyrrole nitrogens is 1. The maximum Gasteiger partial charge on any atom is 0.410 e. The van der Waals surface area contributed by atoms with Crippen molar-refractivity contribution in [3.8, 4) is 0 Å². The van der Waals surface area contributed by atoms with Gasteiger partial charge in [-0.3, -0.25) is 14.9 Å². The monoisotopic (exact) mass is 468 g/mol. The highest BCUT2D eigenvalue weighted by Gasteiger charge is 2.26. The van der Waals surface area contributed by atoms with Crippen LogP contribution in [0.1, 0.15) is 50.9 Å². The number of likely N-dealkylation sites (tertiary alicyclic amines) is 1. The molecule has 184 valence electrons. The van der Waals surface area contributed by atoms with Gasteiger partial charge >= 0.3 is 6.09 Å². The molecule has 4 heterocycles. The fraction of sp³-hybridized carbons (Fsp3) is 0.600. The zero-order valence-corrected chi connectivity index (χ0v) is 20.4. The van der Waals surface area contributed by atoms with Crippen molar-refractivity contribution in [1.29, 1.82) is 5.41 Å². The molecule has 2 aliphatic rings. The summed E-state index contributed by atoms with van der Waals surface area (Å²) >= 11 is 0. The van der Waals surface area contributed by atoms with Crippen LogP contribution in [0.4, 0.5) is 4.79 Å². The number of pyridine rings is 1. The van der Waals surface area contributed by atoms with Crippen molar-refractivity contribution in [2.75, 3.05) is 39.4 Å². The Labute approximate surface area is 201 Å². The summed E-state index contributed by atoms with van der Waals surface area (Å²) in [6.07, 6.45) is 6.34. The van der Waals surface area contributed by atoms with Crippen molar-refractivity contribution in [3.05, 3.63) is 29.7 Å². The van der Waals surface area contributed by atoms with Crippen molar-refractivity contribution in [1.82, 2.24) is 19.8 Å². The van der Waals surface area contributed by atoms with Crippen LogP contribution in [0.15, 0.2) is 23.3 Å². The average Bonchev–Trinajstić information content (AvgIpc) is 3.22. The van der Waals surface area contributed by atoms with Gasteiger partial charge in [0.1, 0.15) is 5.60 Å². The van der Waals surface area contributed by atoms with Crippen molar-refractivity contribution < 1.29 is 14.3 Å². The number of ether oxygens (including phenoxy) is 2. The molecule has 2 saturated heterocycles. The lowest BCUT2D eigenvalue weighted by atomic mass is 10.0. The van der Waals surface area contributed by atoms with E-state index in [9.17, 15) is 4.79 Å². The van der Waals surface area contributed by atoms with E-state index < -0.39 is 5.60 Å². The molecule has 0 aromatic carbocycles. The Morgan fingerprint density at radius 3 is 2.74 bits per heavy atom. The van der Waals surface area contributed by atoms with Gasteiger partial charge in [0.25, 0.3) is 0 Å². The molecule has 9 nitrogen and oxygen atoms in total. The largest absolute Gasteiger partial charge is 0.444 e. The molecule has 0 spiro atoms. The van der Waals surface area contributed by atoms with Crippen LogP contribution >= 0.6 is 0 Å². The molecule has 2 fully saturated rings. The summed E-state index contributed by atoms with van der Waals surface area (Å²) in [5, 5.41) is 9.05. The third-order valence-electron chi connectivity index (χ3n) is 6.20. The van der Waals surface area contributed by atoms with Gasteiger partial charge < -0.3 is 24.8 Å². The third kappa shape index (κ3) is 6.21. The predicted molar refractivity (Wildman–Crippen MR) is 133 cm³/mol. The van der Waals surface area contributed by atoms with Gasteiger partial charge in [-0.15, -0.1) is 0 Å². The van der Waals surface area contributed by atoms with Crippen LogP contribution in [0.5, 0.6) is 0 Å². The van der Waals surface area contributed by atoms with E-state index in [1.54, 1.807) is 11.1 Å². The number of piperidine rings is 1. The number of carbonyl (C=O) groups excluding carboxylic acids is 1. The number of hydrogen-bond donors (Lipinski definition) is 2. The smallest absolute Gasteiger partial charge is 0.410 e. The Bertz CT molecular complexity index is 1010. The second-order valence-corrected chi connectivity index (χ2v) is 10.0. The van der Waals surface area contributed by atoms with E-state index in [4.69, 9.17) is 19.9 Å². The van der Waals surface area contributed by atoms with Gasteiger partial charge in [-0.25, -0.2) is 4.79 Å². The Morgan fingerprint density at radius 1 is 1.32 bits per heavy atom. The predicted octanol–water partition coefficient (Wildman–Crippen LogP) is 3.60. The lowest BCUT2D eigenvalue weighted by molar-refractivity contribution is 0.0207. The van der Waals surface area contributed by atoms with Gasteiger partial charge in [-0.2, -0.15) is 0 Å². The highest BCUT2D eigenvalue weighted by atomic mass is 16.6. The molecular formula is C25H36N6O3. The Balaban J connectivity index is 1.40. The van der Waals surface area contributed by atoms with E-state index >= 15 is 0 Å². The lowest BCUT2D eigenvalue weighted by Gasteiger charge is -2.32. The summed E-state index contributed by atoms with van der Waals surface area (Å²) in [5.41, 5.74) is 2.52. The number of carbonyl (C=O) groups is 1. The van der Waals surface area contributed by atoms with Gasteiger partial charge in [0.2, 0.25) is 0 Å². The van der Waals surface area contributed by atoms with Crippen LogP contribution in [0, 0.1) is 5.41 Å². The third-order valence-corrected chi connectivity index (χ3v) is 6.20. The van der Waals surface area contributed by atoms with E-state index in [2.05, 4.69) is 20.9 Å². The first-order valence-electron chi connectivity index (χ1n) is 12.1. The molecule has 2 aromatic rings. The number of rotatable bonds is 6. The average molecular weight is 469 g/mol. The van der Waals surface area contributed by atoms with E-state index in [1.165, 1.54) is 6.21 Å². The molecule has 34 heavy (non-hydrogen) atoms. The van der Waals surface area contributed by atoms with Crippen molar-refractivity contribution in [3.63, 3.8) is 0 Å². The van der Waals surface area contributed by atoms with E-state index in [-0.39, 0.29) is 18.1 Å². The van der Waals surface area contributed by atoms with Crippen LogP contribution in [0.25, 0.3) is 10.9 Å². The Morgan fingerprint density at radius 2 is 2.06 bits per heavy atom. The summed E-state index contributed by atoms with van der Waals surface area (Å²) in [7, 11) is 0. The highest BCUT2D eigenvalue weighted by Crippen LogP contribution is 2.25. The molecular weight excluding hydrogens is 432 g/mol. The van der Waals surface area contributed by atoms with Crippen LogP contribution in [-0.4, -0.2) is 89.3 Å². The summed E-state index contributed by atoms with van der Waals surface area (Å²) in [4.78, 5) is 29.3. The van der Waals surface area contributed by atoms with Crippen molar-refractivity contribution in [2.45, 2.75) is 57.7 Å². The maximum atomic E-state index is 12.3. The van der Waals surface area contributed by atoms with Crippen LogP contribution < -0.4 is 0 Å². The minimum atomic E-state index is -0.489.